The quantitative estimate of drug-likeness (QED) is 0.767. The molecule has 4 heteroatoms. The van der Waals surface area contributed by atoms with Gasteiger partial charge in [0.05, 0.1) is 13.2 Å². The van der Waals surface area contributed by atoms with Gasteiger partial charge in [-0.25, -0.2) is 0 Å². The monoisotopic (exact) mass is 350 g/mol. The maximum atomic E-state index is 6.02. The maximum Gasteiger partial charge on any atom is 0.123 e. The van der Waals surface area contributed by atoms with E-state index in [0.717, 1.165) is 32.0 Å². The summed E-state index contributed by atoms with van der Waals surface area (Å²) >= 11 is 0. The van der Waals surface area contributed by atoms with Crippen LogP contribution in [0.3, 0.4) is 0 Å². The molecule has 0 radical (unpaired) electrons. The van der Waals surface area contributed by atoms with E-state index in [-0.39, 0.29) is 5.41 Å². The number of aryl methyl sites for hydroxylation is 1. The predicted octanol–water partition coefficient (Wildman–Crippen LogP) is 2.38. The standard InChI is InChI=1S/C21H35NO3/c1-16-7-8-19(21(4,5)6)20(13-16)24-12-11-23-10-9-22-14-17(2)25-18(3)15-22/h7-8,13,17-18H,9-12,14-15H2,1-6H3/p+1/t17-,18-/m1/s1. The highest BCUT2D eigenvalue weighted by atomic mass is 16.5. The van der Waals surface area contributed by atoms with Crippen LogP contribution in [0.2, 0.25) is 0 Å². The molecular formula is C21H36NO3+. The van der Waals surface area contributed by atoms with E-state index in [1.165, 1.54) is 11.1 Å². The van der Waals surface area contributed by atoms with Crippen LogP contribution in [0.15, 0.2) is 18.2 Å². The fraction of sp³-hybridized carbons (Fsp3) is 0.714. The van der Waals surface area contributed by atoms with Gasteiger partial charge in [0.2, 0.25) is 0 Å². The first-order chi connectivity index (χ1) is 11.8. The molecular weight excluding hydrogens is 314 g/mol. The zero-order valence-corrected chi connectivity index (χ0v) is 16.9. The third-order valence-electron chi connectivity index (χ3n) is 4.65. The molecule has 2 rings (SSSR count). The Morgan fingerprint density at radius 1 is 1.08 bits per heavy atom. The molecule has 0 saturated carbocycles. The summed E-state index contributed by atoms with van der Waals surface area (Å²) in [6.07, 6.45) is 0.693. The Hall–Kier alpha value is -1.10. The Morgan fingerprint density at radius 3 is 2.40 bits per heavy atom. The van der Waals surface area contributed by atoms with Gasteiger partial charge >= 0.3 is 0 Å². The van der Waals surface area contributed by atoms with Crippen molar-refractivity contribution in [1.82, 2.24) is 0 Å². The Balaban J connectivity index is 1.70. The molecule has 0 unspecified atom stereocenters. The molecule has 1 fully saturated rings. The first kappa shape index (κ1) is 20.2. The molecule has 1 aromatic carbocycles. The normalized spacial score (nSPS) is 24.3. The van der Waals surface area contributed by atoms with Crippen LogP contribution >= 0.6 is 0 Å². The maximum absolute atomic E-state index is 6.02. The fourth-order valence-electron chi connectivity index (χ4n) is 3.49. The van der Waals surface area contributed by atoms with Crippen molar-refractivity contribution in [3.05, 3.63) is 29.3 Å². The van der Waals surface area contributed by atoms with E-state index < -0.39 is 0 Å². The van der Waals surface area contributed by atoms with E-state index in [1.807, 2.05) is 0 Å². The molecule has 25 heavy (non-hydrogen) atoms. The van der Waals surface area contributed by atoms with Crippen LogP contribution in [-0.2, 0) is 14.9 Å². The van der Waals surface area contributed by atoms with Crippen LogP contribution in [0.1, 0.15) is 45.7 Å². The van der Waals surface area contributed by atoms with Crippen molar-refractivity contribution in [3.63, 3.8) is 0 Å². The molecule has 0 aromatic heterocycles. The van der Waals surface area contributed by atoms with Crippen molar-refractivity contribution >= 4 is 0 Å². The molecule has 0 aliphatic carbocycles. The fourth-order valence-corrected chi connectivity index (χ4v) is 3.49. The summed E-state index contributed by atoms with van der Waals surface area (Å²) in [4.78, 5) is 1.57. The third-order valence-corrected chi connectivity index (χ3v) is 4.65. The highest BCUT2D eigenvalue weighted by molar-refractivity contribution is 5.41. The minimum atomic E-state index is 0.0803. The number of ether oxygens (including phenoxy) is 3. The lowest BCUT2D eigenvalue weighted by Crippen LogP contribution is -3.15. The summed E-state index contributed by atoms with van der Waals surface area (Å²) in [7, 11) is 0. The lowest BCUT2D eigenvalue weighted by Gasteiger charge is -2.32. The van der Waals surface area contributed by atoms with Gasteiger partial charge in [-0.05, 0) is 43.4 Å². The molecule has 0 bridgehead atoms. The lowest BCUT2D eigenvalue weighted by molar-refractivity contribution is -0.915. The molecule has 1 aliphatic rings. The van der Waals surface area contributed by atoms with E-state index in [2.05, 4.69) is 59.7 Å². The summed E-state index contributed by atoms with van der Waals surface area (Å²) in [5, 5.41) is 0. The van der Waals surface area contributed by atoms with Gasteiger partial charge in [0, 0.05) is 0 Å². The Kier molecular flexibility index (Phi) is 7.29. The third kappa shape index (κ3) is 6.61. The minimum absolute atomic E-state index is 0.0803. The second-order valence-corrected chi connectivity index (χ2v) is 8.38. The van der Waals surface area contributed by atoms with Crippen molar-refractivity contribution in [1.29, 1.82) is 0 Å². The SMILES string of the molecule is Cc1ccc(C(C)(C)C)c(OCCOCC[NH+]2C[C@@H](C)O[C@H](C)C2)c1. The number of hydrogen-bond acceptors (Lipinski definition) is 3. The van der Waals surface area contributed by atoms with E-state index in [0.29, 0.717) is 25.4 Å². The summed E-state index contributed by atoms with van der Waals surface area (Å²) in [6.45, 7) is 18.2. The Morgan fingerprint density at radius 2 is 1.76 bits per heavy atom. The molecule has 1 saturated heterocycles. The average molecular weight is 351 g/mol. The van der Waals surface area contributed by atoms with Gasteiger partial charge in [0.15, 0.2) is 0 Å². The number of hydrogen-bond donors (Lipinski definition) is 1. The Labute approximate surface area is 153 Å². The van der Waals surface area contributed by atoms with Gasteiger partial charge in [-0.1, -0.05) is 32.9 Å². The minimum Gasteiger partial charge on any atom is -0.491 e. The topological polar surface area (TPSA) is 32.1 Å². The largest absolute Gasteiger partial charge is 0.491 e. The van der Waals surface area contributed by atoms with E-state index >= 15 is 0 Å². The lowest BCUT2D eigenvalue weighted by atomic mass is 9.86. The van der Waals surface area contributed by atoms with Crippen LogP contribution in [0.5, 0.6) is 5.75 Å². The van der Waals surface area contributed by atoms with E-state index in [4.69, 9.17) is 14.2 Å². The molecule has 1 heterocycles. The van der Waals surface area contributed by atoms with Crippen LogP contribution in [0.25, 0.3) is 0 Å². The van der Waals surface area contributed by atoms with Gasteiger partial charge in [0.1, 0.15) is 44.2 Å². The highest BCUT2D eigenvalue weighted by Crippen LogP contribution is 2.31. The smallest absolute Gasteiger partial charge is 0.123 e. The van der Waals surface area contributed by atoms with Crippen LogP contribution < -0.4 is 9.64 Å². The second-order valence-electron chi connectivity index (χ2n) is 8.38. The zero-order chi connectivity index (χ0) is 18.4. The van der Waals surface area contributed by atoms with E-state index in [1.54, 1.807) is 4.90 Å². The number of rotatable bonds is 7. The first-order valence-corrected chi connectivity index (χ1v) is 9.56. The molecule has 1 N–H and O–H groups in total. The van der Waals surface area contributed by atoms with Gasteiger partial charge in [-0.15, -0.1) is 0 Å². The summed E-state index contributed by atoms with van der Waals surface area (Å²) in [5.74, 6) is 0.984. The molecule has 4 nitrogen and oxygen atoms in total. The predicted molar refractivity (Wildman–Crippen MR) is 102 cm³/mol. The first-order valence-electron chi connectivity index (χ1n) is 9.56. The number of benzene rings is 1. The van der Waals surface area contributed by atoms with Gasteiger partial charge in [-0.3, -0.25) is 0 Å². The zero-order valence-electron chi connectivity index (χ0n) is 16.9. The summed E-state index contributed by atoms with van der Waals surface area (Å²) < 4.78 is 17.6. The second kappa shape index (κ2) is 9.02. The van der Waals surface area contributed by atoms with E-state index in [9.17, 15) is 0 Å². The molecule has 2 atom stereocenters. The van der Waals surface area contributed by atoms with Crippen LogP contribution in [0.4, 0.5) is 0 Å². The molecule has 0 spiro atoms. The average Bonchev–Trinajstić information content (AvgIpc) is 2.48. The van der Waals surface area contributed by atoms with Gasteiger partial charge in [-0.2, -0.15) is 0 Å². The highest BCUT2D eigenvalue weighted by Gasteiger charge is 2.25. The van der Waals surface area contributed by atoms with Crippen LogP contribution in [-0.4, -0.2) is 51.7 Å². The van der Waals surface area contributed by atoms with Crippen LogP contribution in [0, 0.1) is 6.92 Å². The van der Waals surface area contributed by atoms with Crippen molar-refractivity contribution in [2.24, 2.45) is 0 Å². The van der Waals surface area contributed by atoms with Crippen molar-refractivity contribution in [2.45, 2.75) is 59.2 Å². The van der Waals surface area contributed by atoms with Crippen molar-refractivity contribution in [2.75, 3.05) is 39.5 Å². The van der Waals surface area contributed by atoms with Crippen molar-refractivity contribution < 1.29 is 19.1 Å². The number of morpholine rings is 1. The Bertz CT molecular complexity index is 528. The summed E-state index contributed by atoms with van der Waals surface area (Å²) in [5.41, 5.74) is 2.55. The summed E-state index contributed by atoms with van der Waals surface area (Å²) in [6, 6.07) is 6.45. The van der Waals surface area contributed by atoms with Crippen molar-refractivity contribution in [3.8, 4) is 5.75 Å². The van der Waals surface area contributed by atoms with Gasteiger partial charge < -0.3 is 19.1 Å². The molecule has 1 aliphatic heterocycles. The number of nitrogens with one attached hydrogen (secondary N) is 1. The molecule has 1 aromatic rings. The van der Waals surface area contributed by atoms with Gasteiger partial charge in [0.25, 0.3) is 0 Å². The molecule has 0 amide bonds. The number of quaternary nitrogens is 1. The molecule has 142 valence electrons.